The Morgan fingerprint density at radius 1 is 0.636 bits per heavy atom. The van der Waals surface area contributed by atoms with E-state index < -0.39 is 7.92 Å². The first-order valence-corrected chi connectivity index (χ1v) is 12.4. The van der Waals surface area contributed by atoms with Crippen molar-refractivity contribution in [3.8, 4) is 23.0 Å². The molecule has 0 spiro atoms. The van der Waals surface area contributed by atoms with Crippen LogP contribution in [0.2, 0.25) is 0 Å². The van der Waals surface area contributed by atoms with Crippen LogP contribution in [-0.4, -0.2) is 24.4 Å². The first-order chi connectivity index (χ1) is 15.4. The van der Waals surface area contributed by atoms with E-state index >= 15 is 0 Å². The maximum atomic E-state index is 11.5. The zero-order valence-corrected chi connectivity index (χ0v) is 21.7. The molecule has 0 bridgehead atoms. The van der Waals surface area contributed by atoms with Crippen molar-refractivity contribution in [1.29, 1.82) is 0 Å². The Kier molecular flexibility index (Phi) is 7.00. The number of aromatic hydroxyl groups is 2. The van der Waals surface area contributed by atoms with Crippen molar-refractivity contribution in [3.63, 3.8) is 0 Å². The van der Waals surface area contributed by atoms with E-state index in [1.165, 1.54) is 0 Å². The van der Waals surface area contributed by atoms with Crippen LogP contribution in [-0.2, 0) is 10.8 Å². The number of benzene rings is 3. The minimum atomic E-state index is -1.32. The van der Waals surface area contributed by atoms with E-state index in [0.717, 1.165) is 27.0 Å². The zero-order chi connectivity index (χ0) is 24.6. The summed E-state index contributed by atoms with van der Waals surface area (Å²) in [7, 11) is 1.95. The highest BCUT2D eigenvalue weighted by atomic mass is 31.1. The molecule has 0 amide bonds. The number of phenols is 2. The van der Waals surface area contributed by atoms with Gasteiger partial charge in [0.25, 0.3) is 0 Å². The molecule has 2 N–H and O–H groups in total. The summed E-state index contributed by atoms with van der Waals surface area (Å²) in [4.78, 5) is 0. The molecule has 3 rings (SSSR count). The molecule has 0 aromatic heterocycles. The number of hydrogen-bond donors (Lipinski definition) is 2. The van der Waals surface area contributed by atoms with E-state index in [1.54, 1.807) is 14.2 Å². The molecule has 5 heteroatoms. The van der Waals surface area contributed by atoms with E-state index in [-0.39, 0.29) is 22.3 Å². The fourth-order valence-corrected chi connectivity index (χ4v) is 6.36. The number of rotatable bonds is 5. The largest absolute Gasteiger partial charge is 0.507 e. The number of phenolic OH excluding ortho intramolecular Hbond substituents is 2. The van der Waals surface area contributed by atoms with Crippen LogP contribution in [0.3, 0.4) is 0 Å². The maximum absolute atomic E-state index is 11.5. The minimum absolute atomic E-state index is 0.234. The zero-order valence-electron chi connectivity index (χ0n) is 20.9. The Hall–Kier alpha value is -2.71. The quantitative estimate of drug-likeness (QED) is 0.490. The SMILES string of the molecule is COc1cc(P(c2ccccc2)c2cc(OC)cc(C(C)(C)C)c2O)c(O)c(C(C)(C)C)c1. The van der Waals surface area contributed by atoms with E-state index in [4.69, 9.17) is 9.47 Å². The van der Waals surface area contributed by atoms with Crippen molar-refractivity contribution in [1.82, 2.24) is 0 Å². The standard InChI is InChI=1S/C28H35O4P/c1-27(2,3)21-14-18(31-7)16-23(25(21)29)33(20-12-10-9-11-13-20)24-17-19(32-8)15-22(26(24)30)28(4,5)6/h9-17,29-30H,1-8H3. The van der Waals surface area contributed by atoms with Crippen molar-refractivity contribution in [2.24, 2.45) is 0 Å². The van der Waals surface area contributed by atoms with Crippen LogP contribution in [0.1, 0.15) is 52.7 Å². The Morgan fingerprint density at radius 2 is 1.03 bits per heavy atom. The summed E-state index contributed by atoms with van der Waals surface area (Å²) in [5, 5.41) is 25.6. The van der Waals surface area contributed by atoms with Gasteiger partial charge in [-0.2, -0.15) is 0 Å². The van der Waals surface area contributed by atoms with Gasteiger partial charge < -0.3 is 19.7 Å². The van der Waals surface area contributed by atoms with Gasteiger partial charge in [0.15, 0.2) is 0 Å². The summed E-state index contributed by atoms with van der Waals surface area (Å²) in [5.41, 5.74) is 1.02. The van der Waals surface area contributed by atoms with Gasteiger partial charge in [-0.3, -0.25) is 0 Å². The molecule has 0 heterocycles. The van der Waals surface area contributed by atoms with Gasteiger partial charge in [-0.15, -0.1) is 0 Å². The third-order valence-electron chi connectivity index (χ3n) is 5.71. The molecule has 0 fully saturated rings. The molecular formula is C28H35O4P. The molecule has 3 aromatic rings. The summed E-state index contributed by atoms with van der Waals surface area (Å²) in [6.07, 6.45) is 0. The van der Waals surface area contributed by atoms with E-state index in [1.807, 2.05) is 54.6 Å². The fraction of sp³-hybridized carbons (Fsp3) is 0.357. The second kappa shape index (κ2) is 9.27. The monoisotopic (exact) mass is 466 g/mol. The van der Waals surface area contributed by atoms with E-state index in [9.17, 15) is 10.2 Å². The van der Waals surface area contributed by atoms with Crippen LogP contribution in [0, 0.1) is 0 Å². The topological polar surface area (TPSA) is 58.9 Å². The van der Waals surface area contributed by atoms with Gasteiger partial charge in [-0.05, 0) is 48.3 Å². The van der Waals surface area contributed by atoms with Crippen LogP contribution in [0.5, 0.6) is 23.0 Å². The first-order valence-electron chi connectivity index (χ1n) is 11.1. The molecule has 0 aliphatic rings. The second-order valence-corrected chi connectivity index (χ2v) is 12.4. The molecule has 3 aromatic carbocycles. The van der Waals surface area contributed by atoms with Crippen LogP contribution >= 0.6 is 7.92 Å². The Bertz CT molecular complexity index is 1050. The molecule has 0 unspecified atom stereocenters. The van der Waals surface area contributed by atoms with Gasteiger partial charge in [0.2, 0.25) is 0 Å². The van der Waals surface area contributed by atoms with Gasteiger partial charge in [-0.1, -0.05) is 71.9 Å². The van der Waals surface area contributed by atoms with Crippen LogP contribution in [0.4, 0.5) is 0 Å². The first kappa shape index (κ1) is 24.9. The van der Waals surface area contributed by atoms with Gasteiger partial charge in [0, 0.05) is 21.7 Å². The van der Waals surface area contributed by atoms with Gasteiger partial charge in [-0.25, -0.2) is 0 Å². The summed E-state index contributed by atoms with van der Waals surface area (Å²) < 4.78 is 11.3. The predicted octanol–water partition coefficient (Wildman–Crippen LogP) is 5.47. The van der Waals surface area contributed by atoms with E-state index in [0.29, 0.717) is 11.5 Å². The third kappa shape index (κ3) is 5.12. The number of methoxy groups -OCH3 is 2. The summed E-state index contributed by atoms with van der Waals surface area (Å²) in [6.45, 7) is 12.4. The van der Waals surface area contributed by atoms with Crippen LogP contribution < -0.4 is 25.4 Å². The number of hydrogen-bond acceptors (Lipinski definition) is 4. The Balaban J connectivity index is 2.43. The highest BCUT2D eigenvalue weighted by molar-refractivity contribution is 7.80. The summed E-state index contributed by atoms with van der Waals surface area (Å²) in [6, 6.07) is 17.6. The molecule has 4 nitrogen and oxygen atoms in total. The molecular weight excluding hydrogens is 431 g/mol. The molecule has 0 atom stereocenters. The lowest BCUT2D eigenvalue weighted by Gasteiger charge is -2.29. The maximum Gasteiger partial charge on any atom is 0.127 e. The van der Waals surface area contributed by atoms with Crippen molar-refractivity contribution < 1.29 is 19.7 Å². The molecule has 176 valence electrons. The van der Waals surface area contributed by atoms with Crippen LogP contribution in [0.25, 0.3) is 0 Å². The van der Waals surface area contributed by atoms with Crippen molar-refractivity contribution >= 4 is 23.8 Å². The average molecular weight is 467 g/mol. The third-order valence-corrected chi connectivity index (χ3v) is 8.17. The Labute approximate surface area is 199 Å². The lowest BCUT2D eigenvalue weighted by molar-refractivity contribution is 0.407. The molecule has 0 aliphatic carbocycles. The summed E-state index contributed by atoms with van der Waals surface area (Å²) in [5.74, 6) is 1.82. The normalized spacial score (nSPS) is 12.2. The molecule has 0 saturated carbocycles. The lowest BCUT2D eigenvalue weighted by Crippen LogP contribution is -2.25. The minimum Gasteiger partial charge on any atom is -0.507 e. The summed E-state index contributed by atoms with van der Waals surface area (Å²) >= 11 is 0. The smallest absolute Gasteiger partial charge is 0.127 e. The molecule has 0 saturated heterocycles. The Morgan fingerprint density at radius 3 is 1.36 bits per heavy atom. The molecule has 0 radical (unpaired) electrons. The second-order valence-electron chi connectivity index (χ2n) is 10.3. The highest BCUT2D eigenvalue weighted by Crippen LogP contribution is 2.46. The lowest BCUT2D eigenvalue weighted by atomic mass is 9.86. The van der Waals surface area contributed by atoms with Gasteiger partial charge >= 0.3 is 0 Å². The molecule has 0 aliphatic heterocycles. The van der Waals surface area contributed by atoms with Crippen molar-refractivity contribution in [3.05, 3.63) is 65.7 Å². The van der Waals surface area contributed by atoms with Crippen LogP contribution in [0.15, 0.2) is 54.6 Å². The fourth-order valence-electron chi connectivity index (χ4n) is 3.89. The van der Waals surface area contributed by atoms with Gasteiger partial charge in [0.1, 0.15) is 23.0 Å². The van der Waals surface area contributed by atoms with E-state index in [2.05, 4.69) is 41.5 Å². The highest BCUT2D eigenvalue weighted by Gasteiger charge is 2.31. The average Bonchev–Trinajstić information content (AvgIpc) is 2.75. The number of ether oxygens (including phenoxy) is 2. The predicted molar refractivity (Wildman–Crippen MR) is 139 cm³/mol. The van der Waals surface area contributed by atoms with Gasteiger partial charge in [0.05, 0.1) is 14.2 Å². The van der Waals surface area contributed by atoms with Crippen molar-refractivity contribution in [2.45, 2.75) is 52.4 Å². The van der Waals surface area contributed by atoms with Crippen molar-refractivity contribution in [2.75, 3.05) is 14.2 Å². The molecule has 33 heavy (non-hydrogen) atoms.